The second kappa shape index (κ2) is 8.51. The average molecular weight is 483 g/mol. The van der Waals surface area contributed by atoms with E-state index in [9.17, 15) is 13.2 Å². The van der Waals surface area contributed by atoms with Crippen molar-refractivity contribution in [1.82, 2.24) is 9.97 Å². The van der Waals surface area contributed by atoms with Crippen LogP contribution in [0.25, 0.3) is 22.4 Å². The van der Waals surface area contributed by atoms with Gasteiger partial charge in [-0.15, -0.1) is 0 Å². The van der Waals surface area contributed by atoms with Gasteiger partial charge in [0, 0.05) is 16.8 Å². The number of aromatic amines is 1. The molecule has 0 atom stereocenters. The van der Waals surface area contributed by atoms with E-state index in [1.165, 1.54) is 4.31 Å². The number of fused-ring (bicyclic) bond motifs is 1. The smallest absolute Gasteiger partial charge is 0.259 e. The number of benzene rings is 3. The largest absolute Gasteiger partial charge is 0.362 e. The van der Waals surface area contributed by atoms with Crippen LogP contribution in [0.5, 0.6) is 0 Å². The van der Waals surface area contributed by atoms with Crippen LogP contribution >= 0.6 is 11.6 Å². The molecule has 33 heavy (non-hydrogen) atoms. The zero-order valence-corrected chi connectivity index (χ0v) is 18.9. The Balaban J connectivity index is 1.36. The molecule has 0 unspecified atom stereocenters. The van der Waals surface area contributed by atoms with Crippen LogP contribution in [0.3, 0.4) is 0 Å². The Labute approximate surface area is 195 Å². The van der Waals surface area contributed by atoms with Crippen molar-refractivity contribution in [3.8, 4) is 11.4 Å². The number of hydrogen-bond acceptors (Lipinski definition) is 5. The lowest BCUT2D eigenvalue weighted by atomic mass is 10.1. The van der Waals surface area contributed by atoms with Gasteiger partial charge in [0.2, 0.25) is 0 Å². The molecule has 0 bridgehead atoms. The summed E-state index contributed by atoms with van der Waals surface area (Å²) in [6, 6.07) is 19.2. The molecule has 8 nitrogen and oxygen atoms in total. The second-order valence-electron chi connectivity index (χ2n) is 7.51. The van der Waals surface area contributed by atoms with Gasteiger partial charge in [-0.3, -0.25) is 9.10 Å². The molecule has 1 aliphatic heterocycles. The first kappa shape index (κ1) is 21.4. The normalized spacial score (nSPS) is 15.5. The van der Waals surface area contributed by atoms with Crippen LogP contribution in [0.1, 0.15) is 10.4 Å². The van der Waals surface area contributed by atoms with Gasteiger partial charge in [0.25, 0.3) is 15.9 Å². The molecule has 1 saturated heterocycles. The number of nitrogens with zero attached hydrogens (tertiary/aromatic N) is 2. The lowest BCUT2D eigenvalue weighted by Gasteiger charge is -2.28. The molecule has 168 valence electrons. The van der Waals surface area contributed by atoms with Gasteiger partial charge < -0.3 is 15.0 Å². The maximum atomic E-state index is 12.8. The van der Waals surface area contributed by atoms with Crippen LogP contribution in [-0.4, -0.2) is 43.4 Å². The molecule has 5 rings (SSSR count). The highest BCUT2D eigenvalue weighted by atomic mass is 35.5. The Hall–Kier alpha value is -3.40. The summed E-state index contributed by atoms with van der Waals surface area (Å²) in [5.41, 5.74) is 3.82. The summed E-state index contributed by atoms with van der Waals surface area (Å²) in [6.45, 7) is 0.564. The number of halogens is 1. The molecule has 2 heterocycles. The van der Waals surface area contributed by atoms with Crippen molar-refractivity contribution in [2.24, 2.45) is 0 Å². The van der Waals surface area contributed by atoms with Gasteiger partial charge in [0.05, 0.1) is 34.9 Å². The lowest BCUT2D eigenvalue weighted by molar-refractivity contribution is 0.102. The molecule has 1 aromatic heterocycles. The topological polar surface area (TPSA) is 104 Å². The number of nitrogens with one attached hydrogen (secondary N) is 2. The molecule has 0 spiro atoms. The molecular formula is C23H19ClN4O4S. The highest BCUT2D eigenvalue weighted by molar-refractivity contribution is 7.92. The molecule has 1 amide bonds. The van der Waals surface area contributed by atoms with Crippen molar-refractivity contribution < 1.29 is 17.9 Å². The van der Waals surface area contributed by atoms with E-state index in [1.54, 1.807) is 42.5 Å². The molecule has 3 aromatic carbocycles. The van der Waals surface area contributed by atoms with Gasteiger partial charge in [-0.2, -0.15) is 0 Å². The van der Waals surface area contributed by atoms with E-state index < -0.39 is 10.0 Å². The van der Waals surface area contributed by atoms with E-state index in [0.717, 1.165) is 11.0 Å². The number of amides is 1. The van der Waals surface area contributed by atoms with Crippen molar-refractivity contribution in [3.63, 3.8) is 0 Å². The standard InChI is InChI=1S/C23H19ClN4O4S/c24-19-10-7-16(13-18(19)22-26-20-3-1-2-4-21(20)27-22)25-23(29)15-5-8-17(9-6-15)28-11-12-32-14-33(28,30)31/h1-10,13H,11-12,14H2,(H,25,29)(H,26,27). The van der Waals surface area contributed by atoms with Crippen LogP contribution < -0.4 is 9.62 Å². The Morgan fingerprint density at radius 1 is 1.09 bits per heavy atom. The number of para-hydroxylation sites is 2. The summed E-state index contributed by atoms with van der Waals surface area (Å²) < 4.78 is 30.7. The fourth-order valence-corrected chi connectivity index (χ4v) is 5.11. The van der Waals surface area contributed by atoms with Gasteiger partial charge in [0.1, 0.15) is 5.82 Å². The molecule has 0 saturated carbocycles. The SMILES string of the molecule is O=C(Nc1ccc(Cl)c(-c2nc3ccccc3[nH]2)c1)c1ccc(N2CCOCS2(=O)=O)cc1. The highest BCUT2D eigenvalue weighted by Crippen LogP contribution is 2.30. The average Bonchev–Trinajstić information content (AvgIpc) is 3.24. The van der Waals surface area contributed by atoms with Crippen LogP contribution in [0.4, 0.5) is 11.4 Å². The van der Waals surface area contributed by atoms with Crippen LogP contribution in [-0.2, 0) is 14.8 Å². The molecular weight excluding hydrogens is 464 g/mol. The van der Waals surface area contributed by atoms with Crippen molar-refractivity contribution in [2.45, 2.75) is 0 Å². The Bertz CT molecular complexity index is 1420. The maximum absolute atomic E-state index is 12.8. The van der Waals surface area contributed by atoms with E-state index in [2.05, 4.69) is 15.3 Å². The maximum Gasteiger partial charge on any atom is 0.259 e. The third-order valence-electron chi connectivity index (χ3n) is 5.29. The minimum atomic E-state index is -3.51. The van der Waals surface area contributed by atoms with Crippen LogP contribution in [0.15, 0.2) is 66.7 Å². The summed E-state index contributed by atoms with van der Waals surface area (Å²) in [7, 11) is -3.51. The van der Waals surface area contributed by atoms with Gasteiger partial charge in [-0.1, -0.05) is 23.7 Å². The zero-order valence-electron chi connectivity index (χ0n) is 17.3. The number of carbonyl (C=O) groups is 1. The fourth-order valence-electron chi connectivity index (χ4n) is 3.65. The second-order valence-corrected chi connectivity index (χ2v) is 9.76. The Morgan fingerprint density at radius 2 is 1.88 bits per heavy atom. The zero-order chi connectivity index (χ0) is 23.0. The number of aromatic nitrogens is 2. The third kappa shape index (κ3) is 4.30. The minimum Gasteiger partial charge on any atom is -0.362 e. The lowest BCUT2D eigenvalue weighted by Crippen LogP contribution is -2.41. The predicted molar refractivity (Wildman–Crippen MR) is 128 cm³/mol. The summed E-state index contributed by atoms with van der Waals surface area (Å²) >= 11 is 6.39. The number of carbonyl (C=O) groups excluding carboxylic acids is 1. The first-order valence-corrected chi connectivity index (χ1v) is 12.1. The van der Waals surface area contributed by atoms with Gasteiger partial charge in [-0.25, -0.2) is 13.4 Å². The number of ether oxygens (including phenoxy) is 1. The number of rotatable bonds is 4. The van der Waals surface area contributed by atoms with Gasteiger partial charge in [-0.05, 0) is 54.6 Å². The van der Waals surface area contributed by atoms with Crippen molar-refractivity contribution in [1.29, 1.82) is 0 Å². The fraction of sp³-hybridized carbons (Fsp3) is 0.130. The summed E-state index contributed by atoms with van der Waals surface area (Å²) in [5.74, 6) is -0.0723. The number of H-pyrrole nitrogens is 1. The summed E-state index contributed by atoms with van der Waals surface area (Å²) in [5, 5.41) is 3.36. The Kier molecular flexibility index (Phi) is 5.53. The molecule has 0 aliphatic carbocycles. The summed E-state index contributed by atoms with van der Waals surface area (Å²) in [4.78, 5) is 20.6. The van der Waals surface area contributed by atoms with E-state index in [1.807, 2.05) is 24.3 Å². The molecule has 1 fully saturated rings. The molecule has 4 aromatic rings. The third-order valence-corrected chi connectivity index (χ3v) is 7.15. The minimum absolute atomic E-state index is 0.239. The first-order valence-electron chi connectivity index (χ1n) is 10.1. The number of imidazole rings is 1. The number of sulfonamides is 1. The van der Waals surface area contributed by atoms with Crippen LogP contribution in [0, 0.1) is 0 Å². The van der Waals surface area contributed by atoms with Gasteiger partial charge in [0.15, 0.2) is 5.94 Å². The first-order chi connectivity index (χ1) is 15.9. The van der Waals surface area contributed by atoms with E-state index in [0.29, 0.717) is 40.0 Å². The highest BCUT2D eigenvalue weighted by Gasteiger charge is 2.26. The Morgan fingerprint density at radius 3 is 2.64 bits per heavy atom. The monoisotopic (exact) mass is 482 g/mol. The van der Waals surface area contributed by atoms with E-state index in [4.69, 9.17) is 16.3 Å². The molecule has 10 heteroatoms. The van der Waals surface area contributed by atoms with Crippen molar-refractivity contribution >= 4 is 49.9 Å². The number of anilines is 2. The van der Waals surface area contributed by atoms with E-state index in [-0.39, 0.29) is 18.4 Å². The summed E-state index contributed by atoms with van der Waals surface area (Å²) in [6.07, 6.45) is 0. The number of hydrogen-bond donors (Lipinski definition) is 2. The van der Waals surface area contributed by atoms with Crippen molar-refractivity contribution in [2.75, 3.05) is 28.7 Å². The van der Waals surface area contributed by atoms with Crippen molar-refractivity contribution in [3.05, 3.63) is 77.3 Å². The quantitative estimate of drug-likeness (QED) is 0.452. The van der Waals surface area contributed by atoms with Crippen LogP contribution in [0.2, 0.25) is 5.02 Å². The van der Waals surface area contributed by atoms with Gasteiger partial charge >= 0.3 is 0 Å². The van der Waals surface area contributed by atoms with E-state index >= 15 is 0 Å². The molecule has 2 N–H and O–H groups in total. The molecule has 1 aliphatic rings. The molecule has 0 radical (unpaired) electrons. The predicted octanol–water partition coefficient (Wildman–Crippen LogP) is 4.26.